The van der Waals surface area contributed by atoms with E-state index in [2.05, 4.69) is 44.8 Å². The Hall–Kier alpha value is -0.120. The van der Waals surface area contributed by atoms with E-state index < -0.39 is 0 Å². The Balaban J connectivity index is 2.60. The summed E-state index contributed by atoms with van der Waals surface area (Å²) in [6.07, 6.45) is 2.51. The molecule has 0 amide bonds. The van der Waals surface area contributed by atoms with Gasteiger partial charge in [0.05, 0.1) is 13.2 Å². The van der Waals surface area contributed by atoms with Gasteiger partial charge in [-0.05, 0) is 20.3 Å². The van der Waals surface area contributed by atoms with Crippen LogP contribution in [0.1, 0.15) is 47.5 Å². The molecule has 1 heterocycles. The average molecular weight is 242 g/mol. The lowest BCUT2D eigenvalue weighted by molar-refractivity contribution is -0.0732. The van der Waals surface area contributed by atoms with E-state index in [9.17, 15) is 0 Å². The third-order valence-corrected chi connectivity index (χ3v) is 3.53. The van der Waals surface area contributed by atoms with Crippen LogP contribution in [0.2, 0.25) is 0 Å². The molecule has 3 heteroatoms. The van der Waals surface area contributed by atoms with Crippen LogP contribution in [-0.4, -0.2) is 48.8 Å². The number of rotatable bonds is 6. The first-order valence-electron chi connectivity index (χ1n) is 7.05. The lowest BCUT2D eigenvalue weighted by Gasteiger charge is -2.47. The second-order valence-electron chi connectivity index (χ2n) is 6.06. The first-order chi connectivity index (χ1) is 7.97. The first-order valence-corrected chi connectivity index (χ1v) is 7.05. The van der Waals surface area contributed by atoms with E-state index in [0.717, 1.165) is 26.3 Å². The summed E-state index contributed by atoms with van der Waals surface area (Å²) in [4.78, 5) is 2.63. The Kier molecular flexibility index (Phi) is 5.90. The fourth-order valence-corrected chi connectivity index (χ4v) is 2.62. The Morgan fingerprint density at radius 2 is 2.06 bits per heavy atom. The van der Waals surface area contributed by atoms with Crippen LogP contribution in [0.5, 0.6) is 0 Å². The van der Waals surface area contributed by atoms with Crippen molar-refractivity contribution in [3.63, 3.8) is 0 Å². The minimum absolute atomic E-state index is 0.177. The summed E-state index contributed by atoms with van der Waals surface area (Å²) >= 11 is 0. The highest BCUT2D eigenvalue weighted by molar-refractivity contribution is 4.90. The zero-order valence-electron chi connectivity index (χ0n) is 12.3. The van der Waals surface area contributed by atoms with E-state index >= 15 is 0 Å². The molecule has 0 spiro atoms. The van der Waals surface area contributed by atoms with Crippen LogP contribution in [-0.2, 0) is 4.74 Å². The molecule has 17 heavy (non-hydrogen) atoms. The van der Waals surface area contributed by atoms with E-state index in [1.165, 1.54) is 12.8 Å². The van der Waals surface area contributed by atoms with Crippen molar-refractivity contribution in [3.05, 3.63) is 0 Å². The summed E-state index contributed by atoms with van der Waals surface area (Å²) in [7, 11) is 0. The lowest BCUT2D eigenvalue weighted by atomic mass is 9.97. The molecular weight excluding hydrogens is 212 g/mol. The molecule has 1 aliphatic heterocycles. The molecule has 1 saturated heterocycles. The van der Waals surface area contributed by atoms with E-state index in [4.69, 9.17) is 4.74 Å². The van der Waals surface area contributed by atoms with Crippen molar-refractivity contribution in [3.8, 4) is 0 Å². The predicted octanol–water partition coefficient (Wildman–Crippen LogP) is 2.26. The van der Waals surface area contributed by atoms with Gasteiger partial charge in [0.15, 0.2) is 0 Å². The summed E-state index contributed by atoms with van der Waals surface area (Å²) in [5.41, 5.74) is 0.177. The largest absolute Gasteiger partial charge is 0.378 e. The van der Waals surface area contributed by atoms with Gasteiger partial charge in [-0.1, -0.05) is 27.2 Å². The maximum Gasteiger partial charge on any atom is 0.0645 e. The molecule has 1 N–H and O–H groups in total. The van der Waals surface area contributed by atoms with E-state index in [1.807, 2.05) is 0 Å². The number of nitrogens with zero attached hydrogens (tertiary/aromatic N) is 1. The van der Waals surface area contributed by atoms with Crippen LogP contribution in [0, 0.1) is 0 Å². The molecule has 0 aromatic carbocycles. The van der Waals surface area contributed by atoms with Gasteiger partial charge in [0.25, 0.3) is 0 Å². The minimum atomic E-state index is 0.177. The molecule has 0 aliphatic carbocycles. The van der Waals surface area contributed by atoms with Gasteiger partial charge in [0.2, 0.25) is 0 Å². The summed E-state index contributed by atoms with van der Waals surface area (Å²) in [5.74, 6) is 0. The fraction of sp³-hybridized carbons (Fsp3) is 1.00. The van der Waals surface area contributed by atoms with Crippen molar-refractivity contribution < 1.29 is 4.74 Å². The van der Waals surface area contributed by atoms with Crippen LogP contribution in [0.15, 0.2) is 0 Å². The maximum atomic E-state index is 5.61. The standard InChI is InChI=1S/C14H30N2O/c1-6-7-13(10-15-12(2)3)16-8-9-17-11-14(16,4)5/h12-13,15H,6-11H2,1-5H3. The highest BCUT2D eigenvalue weighted by Gasteiger charge is 2.34. The zero-order valence-corrected chi connectivity index (χ0v) is 12.3. The van der Waals surface area contributed by atoms with Gasteiger partial charge in [-0.15, -0.1) is 0 Å². The molecule has 0 radical (unpaired) electrons. The van der Waals surface area contributed by atoms with Crippen molar-refractivity contribution in [2.24, 2.45) is 0 Å². The van der Waals surface area contributed by atoms with Gasteiger partial charge in [-0.3, -0.25) is 4.90 Å². The number of nitrogens with one attached hydrogen (secondary N) is 1. The molecule has 102 valence electrons. The molecule has 0 aromatic heterocycles. The summed E-state index contributed by atoms with van der Waals surface area (Å²) < 4.78 is 5.61. The van der Waals surface area contributed by atoms with Crippen LogP contribution < -0.4 is 5.32 Å². The van der Waals surface area contributed by atoms with Crippen molar-refractivity contribution in [1.82, 2.24) is 10.2 Å². The molecule has 1 aliphatic rings. The molecule has 1 rings (SSSR count). The van der Waals surface area contributed by atoms with Gasteiger partial charge in [0.1, 0.15) is 0 Å². The van der Waals surface area contributed by atoms with Gasteiger partial charge in [-0.2, -0.15) is 0 Å². The Morgan fingerprint density at radius 3 is 2.59 bits per heavy atom. The second-order valence-corrected chi connectivity index (χ2v) is 6.06. The van der Waals surface area contributed by atoms with Gasteiger partial charge in [0, 0.05) is 30.7 Å². The lowest BCUT2D eigenvalue weighted by Crippen LogP contribution is -2.59. The Labute approximate surface area is 107 Å². The highest BCUT2D eigenvalue weighted by atomic mass is 16.5. The smallest absolute Gasteiger partial charge is 0.0645 e. The molecule has 1 fully saturated rings. The Morgan fingerprint density at radius 1 is 1.35 bits per heavy atom. The fourth-order valence-electron chi connectivity index (χ4n) is 2.62. The Bertz CT molecular complexity index is 216. The van der Waals surface area contributed by atoms with E-state index in [0.29, 0.717) is 12.1 Å². The van der Waals surface area contributed by atoms with Crippen molar-refractivity contribution in [1.29, 1.82) is 0 Å². The van der Waals surface area contributed by atoms with Gasteiger partial charge in [-0.25, -0.2) is 0 Å². The van der Waals surface area contributed by atoms with Crippen LogP contribution >= 0.6 is 0 Å². The molecule has 0 bridgehead atoms. The summed E-state index contributed by atoms with van der Waals surface area (Å²) in [6.45, 7) is 15.2. The molecule has 0 aromatic rings. The first kappa shape index (κ1) is 14.9. The quantitative estimate of drug-likeness (QED) is 0.773. The molecule has 0 saturated carbocycles. The van der Waals surface area contributed by atoms with Gasteiger partial charge >= 0.3 is 0 Å². The van der Waals surface area contributed by atoms with Crippen molar-refractivity contribution in [2.75, 3.05) is 26.3 Å². The van der Waals surface area contributed by atoms with Crippen molar-refractivity contribution in [2.45, 2.75) is 65.1 Å². The SMILES string of the molecule is CCCC(CNC(C)C)N1CCOCC1(C)C. The summed E-state index contributed by atoms with van der Waals surface area (Å²) in [5, 5.41) is 3.58. The second kappa shape index (κ2) is 6.72. The molecule has 1 atom stereocenters. The molecule has 3 nitrogen and oxygen atoms in total. The monoisotopic (exact) mass is 242 g/mol. The third kappa shape index (κ3) is 4.57. The number of hydrogen-bond donors (Lipinski definition) is 1. The van der Waals surface area contributed by atoms with Crippen molar-refractivity contribution >= 4 is 0 Å². The zero-order chi connectivity index (χ0) is 12.9. The maximum absolute atomic E-state index is 5.61. The number of hydrogen-bond acceptors (Lipinski definition) is 3. The van der Waals surface area contributed by atoms with Crippen LogP contribution in [0.4, 0.5) is 0 Å². The third-order valence-electron chi connectivity index (χ3n) is 3.53. The normalized spacial score (nSPS) is 22.9. The average Bonchev–Trinajstić information content (AvgIpc) is 2.24. The van der Waals surface area contributed by atoms with E-state index in [-0.39, 0.29) is 5.54 Å². The summed E-state index contributed by atoms with van der Waals surface area (Å²) in [6, 6.07) is 1.21. The van der Waals surface area contributed by atoms with Crippen LogP contribution in [0.3, 0.4) is 0 Å². The topological polar surface area (TPSA) is 24.5 Å². The van der Waals surface area contributed by atoms with Gasteiger partial charge < -0.3 is 10.1 Å². The number of ether oxygens (including phenoxy) is 1. The number of morpholine rings is 1. The molecular formula is C14H30N2O. The predicted molar refractivity (Wildman–Crippen MR) is 73.4 cm³/mol. The van der Waals surface area contributed by atoms with E-state index in [1.54, 1.807) is 0 Å². The van der Waals surface area contributed by atoms with Crippen LogP contribution in [0.25, 0.3) is 0 Å². The molecule has 1 unspecified atom stereocenters. The highest BCUT2D eigenvalue weighted by Crippen LogP contribution is 2.23. The minimum Gasteiger partial charge on any atom is -0.378 e.